The molecule has 0 radical (unpaired) electrons. The van der Waals surface area contributed by atoms with Gasteiger partial charge < -0.3 is 5.11 Å². The molecule has 1 aromatic heterocycles. The van der Waals surface area contributed by atoms with Gasteiger partial charge in [-0.15, -0.1) is 11.3 Å². The predicted octanol–water partition coefficient (Wildman–Crippen LogP) is 5.66. The van der Waals surface area contributed by atoms with Crippen LogP contribution in [0, 0.1) is 0 Å². The first-order valence-corrected chi connectivity index (χ1v) is 7.42. The van der Waals surface area contributed by atoms with Crippen molar-refractivity contribution in [3.05, 3.63) is 57.4 Å². The van der Waals surface area contributed by atoms with Crippen LogP contribution in [0.15, 0.2) is 47.5 Å². The number of aliphatic imine (C=N–C) groups is 1. The fourth-order valence-corrected chi connectivity index (χ4v) is 3.36. The number of fused-ring (bicyclic) bond motifs is 1. The number of aromatic hydroxyl groups is 1. The number of benzene rings is 2. The first-order chi connectivity index (χ1) is 9.65. The van der Waals surface area contributed by atoms with Gasteiger partial charge in [-0.25, -0.2) is 0 Å². The third-order valence-corrected chi connectivity index (χ3v) is 4.68. The Labute approximate surface area is 129 Å². The number of phenolic OH excluding ortho intramolecular Hbond substituents is 1. The van der Waals surface area contributed by atoms with Crippen LogP contribution in [0.1, 0.15) is 4.88 Å². The molecule has 1 heterocycles. The van der Waals surface area contributed by atoms with Crippen LogP contribution in [-0.4, -0.2) is 11.3 Å². The average molecular weight is 322 g/mol. The van der Waals surface area contributed by atoms with Crippen molar-refractivity contribution in [2.75, 3.05) is 0 Å². The van der Waals surface area contributed by atoms with Crippen molar-refractivity contribution in [2.24, 2.45) is 4.99 Å². The zero-order chi connectivity index (χ0) is 14.1. The zero-order valence-electron chi connectivity index (χ0n) is 10.2. The summed E-state index contributed by atoms with van der Waals surface area (Å²) in [5, 5.41) is 11.9. The lowest BCUT2D eigenvalue weighted by atomic mass is 10.2. The molecule has 0 spiro atoms. The fraction of sp³-hybridized carbons (Fsp3) is 0. The van der Waals surface area contributed by atoms with Crippen LogP contribution >= 0.6 is 34.5 Å². The van der Waals surface area contributed by atoms with E-state index in [4.69, 9.17) is 23.2 Å². The normalized spacial score (nSPS) is 11.5. The molecule has 0 aliphatic carbocycles. The number of hydrogen-bond acceptors (Lipinski definition) is 3. The molecule has 2 aromatic carbocycles. The maximum absolute atomic E-state index is 9.72. The van der Waals surface area contributed by atoms with E-state index in [-0.39, 0.29) is 5.75 Å². The summed E-state index contributed by atoms with van der Waals surface area (Å²) < 4.78 is 1.11. The van der Waals surface area contributed by atoms with Crippen molar-refractivity contribution in [2.45, 2.75) is 0 Å². The molecule has 0 bridgehead atoms. The minimum atomic E-state index is 0.0860. The Bertz CT molecular complexity index is 811. The fourth-order valence-electron chi connectivity index (χ4n) is 1.84. The van der Waals surface area contributed by atoms with Gasteiger partial charge in [-0.3, -0.25) is 4.99 Å². The van der Waals surface area contributed by atoms with E-state index in [0.29, 0.717) is 15.7 Å². The summed E-state index contributed by atoms with van der Waals surface area (Å²) in [6.07, 6.45) is 1.65. The second-order valence-corrected chi connectivity index (χ2v) is 6.07. The molecule has 5 heteroatoms. The predicted molar refractivity (Wildman–Crippen MR) is 87.2 cm³/mol. The Morgan fingerprint density at radius 2 is 1.90 bits per heavy atom. The Balaban J connectivity index is 2.02. The van der Waals surface area contributed by atoms with E-state index in [1.54, 1.807) is 29.7 Å². The number of halogens is 2. The summed E-state index contributed by atoms with van der Waals surface area (Å²) >= 11 is 13.8. The van der Waals surface area contributed by atoms with Crippen molar-refractivity contribution in [1.82, 2.24) is 0 Å². The molecule has 0 saturated heterocycles. The van der Waals surface area contributed by atoms with Gasteiger partial charge in [-0.1, -0.05) is 41.4 Å². The molecule has 3 aromatic rings. The quantitative estimate of drug-likeness (QED) is 0.606. The van der Waals surface area contributed by atoms with Crippen molar-refractivity contribution >= 4 is 56.5 Å². The van der Waals surface area contributed by atoms with Gasteiger partial charge in [0.25, 0.3) is 0 Å². The Kier molecular flexibility index (Phi) is 3.66. The van der Waals surface area contributed by atoms with E-state index in [9.17, 15) is 5.11 Å². The molecule has 0 unspecified atom stereocenters. The van der Waals surface area contributed by atoms with E-state index in [1.165, 1.54) is 6.07 Å². The molecule has 20 heavy (non-hydrogen) atoms. The van der Waals surface area contributed by atoms with Crippen molar-refractivity contribution in [3.63, 3.8) is 0 Å². The molecular weight excluding hydrogens is 313 g/mol. The molecular formula is C15H9Cl2NOS. The summed E-state index contributed by atoms with van der Waals surface area (Å²) in [7, 11) is 0. The molecule has 3 rings (SSSR count). The van der Waals surface area contributed by atoms with Crippen molar-refractivity contribution in [3.8, 4) is 5.75 Å². The van der Waals surface area contributed by atoms with E-state index in [0.717, 1.165) is 15.0 Å². The summed E-state index contributed by atoms with van der Waals surface area (Å²) in [6, 6.07) is 12.6. The number of rotatable bonds is 2. The monoisotopic (exact) mass is 321 g/mol. The standard InChI is InChI=1S/C15H9Cl2NOS/c16-9-5-6-12(19)11(7-9)18-8-14-15(17)10-3-1-2-4-13(10)20-14/h1-8,19H. The zero-order valence-corrected chi connectivity index (χ0v) is 12.5. The summed E-state index contributed by atoms with van der Waals surface area (Å²) in [4.78, 5) is 5.11. The lowest BCUT2D eigenvalue weighted by molar-refractivity contribution is 0.477. The molecule has 1 N–H and O–H groups in total. The smallest absolute Gasteiger partial charge is 0.141 e. The number of nitrogens with zero attached hydrogens (tertiary/aromatic N) is 1. The molecule has 0 saturated carbocycles. The van der Waals surface area contributed by atoms with E-state index < -0.39 is 0 Å². The van der Waals surface area contributed by atoms with Crippen LogP contribution in [0.25, 0.3) is 10.1 Å². The third-order valence-electron chi connectivity index (χ3n) is 2.82. The Morgan fingerprint density at radius 3 is 2.70 bits per heavy atom. The molecule has 0 atom stereocenters. The summed E-state index contributed by atoms with van der Waals surface area (Å²) in [5.74, 6) is 0.0860. The molecule has 0 amide bonds. The Morgan fingerprint density at radius 1 is 1.10 bits per heavy atom. The van der Waals surface area contributed by atoms with Crippen molar-refractivity contribution < 1.29 is 5.11 Å². The van der Waals surface area contributed by atoms with Gasteiger partial charge in [0.05, 0.1) is 9.90 Å². The molecule has 0 aliphatic rings. The van der Waals surface area contributed by atoms with Gasteiger partial charge in [0.1, 0.15) is 11.4 Å². The number of thiophene rings is 1. The Hall–Kier alpha value is -1.55. The van der Waals surface area contributed by atoms with Gasteiger partial charge in [-0.2, -0.15) is 0 Å². The van der Waals surface area contributed by atoms with Crippen molar-refractivity contribution in [1.29, 1.82) is 0 Å². The third kappa shape index (κ3) is 2.52. The van der Waals surface area contributed by atoms with Crippen LogP contribution < -0.4 is 0 Å². The first-order valence-electron chi connectivity index (χ1n) is 5.85. The number of hydrogen-bond donors (Lipinski definition) is 1. The average Bonchev–Trinajstić information content (AvgIpc) is 2.77. The van der Waals surface area contributed by atoms with E-state index >= 15 is 0 Å². The minimum absolute atomic E-state index is 0.0860. The van der Waals surface area contributed by atoms with Crippen LogP contribution in [0.5, 0.6) is 5.75 Å². The van der Waals surface area contributed by atoms with Gasteiger partial charge in [0, 0.05) is 21.3 Å². The van der Waals surface area contributed by atoms with E-state index in [1.807, 2.05) is 24.3 Å². The van der Waals surface area contributed by atoms with Crippen LogP contribution in [0.4, 0.5) is 5.69 Å². The van der Waals surface area contributed by atoms with Gasteiger partial charge in [0.2, 0.25) is 0 Å². The van der Waals surface area contributed by atoms with Crippen LogP contribution in [0.2, 0.25) is 10.0 Å². The molecule has 0 fully saturated rings. The lowest BCUT2D eigenvalue weighted by Crippen LogP contribution is -1.75. The highest BCUT2D eigenvalue weighted by molar-refractivity contribution is 7.21. The van der Waals surface area contributed by atoms with Gasteiger partial charge in [0.15, 0.2) is 0 Å². The highest BCUT2D eigenvalue weighted by Crippen LogP contribution is 2.35. The summed E-state index contributed by atoms with van der Waals surface area (Å²) in [6.45, 7) is 0. The minimum Gasteiger partial charge on any atom is -0.506 e. The lowest BCUT2D eigenvalue weighted by Gasteiger charge is -1.98. The first kappa shape index (κ1) is 13.4. The maximum atomic E-state index is 9.72. The van der Waals surface area contributed by atoms with E-state index in [2.05, 4.69) is 4.99 Å². The maximum Gasteiger partial charge on any atom is 0.141 e. The highest BCUT2D eigenvalue weighted by atomic mass is 35.5. The van der Waals surface area contributed by atoms with Crippen LogP contribution in [0.3, 0.4) is 0 Å². The largest absolute Gasteiger partial charge is 0.506 e. The molecule has 2 nitrogen and oxygen atoms in total. The second kappa shape index (κ2) is 5.44. The van der Waals surface area contributed by atoms with Gasteiger partial charge in [-0.05, 0) is 24.3 Å². The SMILES string of the molecule is Oc1ccc(Cl)cc1N=Cc1sc2ccccc2c1Cl. The topological polar surface area (TPSA) is 32.6 Å². The molecule has 100 valence electrons. The van der Waals surface area contributed by atoms with Gasteiger partial charge >= 0.3 is 0 Å². The molecule has 0 aliphatic heterocycles. The highest BCUT2D eigenvalue weighted by Gasteiger charge is 2.08. The second-order valence-electron chi connectivity index (χ2n) is 4.17. The summed E-state index contributed by atoms with van der Waals surface area (Å²) in [5.41, 5.74) is 0.422. The number of phenols is 1. The van der Waals surface area contributed by atoms with Crippen LogP contribution in [-0.2, 0) is 0 Å².